The van der Waals surface area contributed by atoms with Crippen molar-refractivity contribution in [3.8, 4) is 33.6 Å². The monoisotopic (exact) mass is 1480 g/mol. The number of rotatable bonds is 8. The van der Waals surface area contributed by atoms with E-state index < -0.39 is 120 Å². The molecule has 0 saturated heterocycles. The summed E-state index contributed by atoms with van der Waals surface area (Å²) in [5, 5.41) is -0.129. The Hall–Kier alpha value is -9.32. The van der Waals surface area contributed by atoms with Gasteiger partial charge in [0.05, 0.1) is 55.7 Å². The summed E-state index contributed by atoms with van der Waals surface area (Å²) in [4.78, 5) is 5.18. The second-order valence-corrected chi connectivity index (χ2v) is 40.2. The minimum absolute atomic E-state index is 0.0116. The number of benzene rings is 10. The minimum Gasteiger partial charge on any atom is -0.334 e. The Morgan fingerprint density at radius 2 is 0.874 bits per heavy atom. The largest absolute Gasteiger partial charge is 0.334 e. The summed E-state index contributed by atoms with van der Waals surface area (Å²) in [6, 6.07) is 31.8. The molecule has 0 saturated carbocycles. The Morgan fingerprint density at radius 3 is 1.35 bits per heavy atom. The number of aromatic nitrogens is 2. The lowest BCUT2D eigenvalue weighted by molar-refractivity contribution is 0.190. The number of anilines is 5. The van der Waals surface area contributed by atoms with E-state index in [1.807, 2.05) is 12.1 Å². The fourth-order valence-corrected chi connectivity index (χ4v) is 19.1. The topological polar surface area (TPSA) is 16.3 Å². The predicted octanol–water partition coefficient (Wildman–Crippen LogP) is 27.7. The average molecular weight is 1480 g/mol. The summed E-state index contributed by atoms with van der Waals surface area (Å²) in [6.45, 7) is 47.7. The molecule has 5 unspecified atom stereocenters. The zero-order valence-corrected chi connectivity index (χ0v) is 69.3. The van der Waals surface area contributed by atoms with Crippen LogP contribution in [0.4, 0.5) is 28.4 Å². The van der Waals surface area contributed by atoms with E-state index in [4.69, 9.17) is 0 Å². The molecule has 5 atom stereocenters. The van der Waals surface area contributed by atoms with Crippen molar-refractivity contribution in [1.82, 2.24) is 9.13 Å². The van der Waals surface area contributed by atoms with Gasteiger partial charge in [0, 0.05) is 72.7 Å². The summed E-state index contributed by atoms with van der Waals surface area (Å²) in [6.07, 6.45) is 14.1. The van der Waals surface area contributed by atoms with Gasteiger partial charge in [0.15, 0.2) is 0 Å². The number of hydrogen-bond donors (Lipinski definition) is 0. The van der Waals surface area contributed by atoms with Crippen LogP contribution in [0.2, 0.25) is 0 Å². The van der Waals surface area contributed by atoms with Crippen LogP contribution in [-0.2, 0) is 21.7 Å². The van der Waals surface area contributed by atoms with Gasteiger partial charge in [0.2, 0.25) is 0 Å². The van der Waals surface area contributed by atoms with Crippen molar-refractivity contribution in [2.24, 2.45) is 39.9 Å². The third-order valence-corrected chi connectivity index (χ3v) is 25.7. The molecule has 2 aliphatic heterocycles. The number of hydrogen-bond acceptors (Lipinski definition) is 2. The summed E-state index contributed by atoms with van der Waals surface area (Å²) in [5.41, 5.74) is 17.9. The van der Waals surface area contributed by atoms with Crippen LogP contribution >= 0.6 is 0 Å². The van der Waals surface area contributed by atoms with Gasteiger partial charge in [-0.25, -0.2) is 0 Å². The molecular formula is C106H119BN4. The van der Waals surface area contributed by atoms with Crippen LogP contribution in [-0.4, -0.2) is 21.9 Å². The first-order valence-electron chi connectivity index (χ1n) is 48.7. The quantitative estimate of drug-likeness (QED) is 0.111. The highest BCUT2D eigenvalue weighted by Crippen LogP contribution is 2.58. The maximum atomic E-state index is 10.1. The Labute approximate surface area is 687 Å². The third-order valence-electron chi connectivity index (χ3n) is 25.7. The molecule has 566 valence electrons. The van der Waals surface area contributed by atoms with Crippen molar-refractivity contribution >= 4 is 95.1 Å². The summed E-state index contributed by atoms with van der Waals surface area (Å²) in [5.74, 6) is 0.435. The highest BCUT2D eigenvalue weighted by molar-refractivity contribution is 7.00. The highest BCUT2D eigenvalue weighted by Gasteiger charge is 2.52. The van der Waals surface area contributed by atoms with Gasteiger partial charge < -0.3 is 18.9 Å². The standard InChI is InChI=1S/C106H119BN4/c1-100(2,3)70-38-30-34-66(54-70)83-58-74(104(13,14)15)59-84(67-35-31-39-71(55-67)101(4,5)6)98(83)110-93-64-77(108-89-46-26-22-42-79(89)80-43-23-27-47-90(80)108)50-52-87(93)107-88-53-51-78(109-91-48-28-24-44-81(91)82-45-25-29-49-92(82)109)65-94(88)111(96-63-76(106(19,20)21)62-95(110)97(96)107)99-85(68-36-32-40-72(56-68)102(7,8)9)60-75(105(16,17)18)61-86(99)69-37-33-41-73(57-69)103(10,11)12/h22-31,34-36,38-39,41-55,58-59,61-65,69,72,75,85,99H,32-33,37,40,56-57,60H2,1-21H3/i22D,23D,24D,25D,26D,27D,28D,29D,42D,43D,44D,45D,46D,47D,48D,49D. The Bertz CT molecular complexity index is 6570. The first kappa shape index (κ1) is 57.7. The summed E-state index contributed by atoms with van der Waals surface area (Å²) in [7, 11) is 0. The lowest BCUT2D eigenvalue weighted by atomic mass is 9.33. The van der Waals surface area contributed by atoms with Gasteiger partial charge in [-0.15, -0.1) is 0 Å². The van der Waals surface area contributed by atoms with Gasteiger partial charge in [-0.3, -0.25) is 0 Å². The zero-order valence-electron chi connectivity index (χ0n) is 85.3. The lowest BCUT2D eigenvalue weighted by Gasteiger charge is -2.54. The maximum Gasteiger partial charge on any atom is 0.252 e. The third kappa shape index (κ3) is 13.0. The Balaban J connectivity index is 1.11. The second-order valence-electron chi connectivity index (χ2n) is 40.2. The number of nitrogens with zero attached hydrogens (tertiary/aromatic N) is 4. The summed E-state index contributed by atoms with van der Waals surface area (Å²) >= 11 is 0. The molecular weight excluding hydrogens is 1340 g/mol. The van der Waals surface area contributed by atoms with Crippen molar-refractivity contribution in [1.29, 1.82) is 0 Å². The number of allylic oxidation sites excluding steroid dienone is 4. The molecule has 0 radical (unpaired) electrons. The molecule has 4 heterocycles. The van der Waals surface area contributed by atoms with Gasteiger partial charge in [0.1, 0.15) is 0 Å². The number of para-hydroxylation sites is 4. The molecule has 2 aromatic heterocycles. The molecule has 0 amide bonds. The normalized spacial score (nSPS) is 21.4. The molecule has 0 bridgehead atoms. The minimum atomic E-state index is -0.699. The fourth-order valence-electron chi connectivity index (χ4n) is 19.1. The van der Waals surface area contributed by atoms with Crippen molar-refractivity contribution in [2.45, 2.75) is 218 Å². The predicted molar refractivity (Wildman–Crippen MR) is 481 cm³/mol. The molecule has 111 heavy (non-hydrogen) atoms. The Kier molecular flexibility index (Phi) is 13.9. The molecule has 4 nitrogen and oxygen atoms in total. The van der Waals surface area contributed by atoms with E-state index in [9.17, 15) is 21.9 Å². The van der Waals surface area contributed by atoms with Crippen LogP contribution < -0.4 is 26.2 Å². The molecule has 3 aliphatic carbocycles. The van der Waals surface area contributed by atoms with E-state index in [2.05, 4.69) is 270 Å². The molecule has 12 aromatic rings. The van der Waals surface area contributed by atoms with Crippen LogP contribution in [0, 0.1) is 39.9 Å². The van der Waals surface area contributed by atoms with Crippen LogP contribution in [0.25, 0.3) is 77.2 Å². The van der Waals surface area contributed by atoms with Crippen molar-refractivity contribution in [3.05, 3.63) is 263 Å². The summed E-state index contributed by atoms with van der Waals surface area (Å²) < 4.78 is 157. The van der Waals surface area contributed by atoms with Gasteiger partial charge in [-0.05, 0) is 229 Å². The van der Waals surface area contributed by atoms with Crippen molar-refractivity contribution in [3.63, 3.8) is 0 Å². The highest BCUT2D eigenvalue weighted by atomic mass is 15.2. The molecule has 5 aliphatic rings. The molecule has 0 fully saturated rings. The SMILES string of the molecule is [2H]c1c([2H])c([2H])c2c(c1[2H])c1c([2H])c([2H])c([2H])c([2H])c1n2-c1ccc2c(c1)N(c1c(-c3cccc(C(C)(C)C)c3)cc(C(C)(C)C)cc1-c1cccc(C(C)(C)C)c1)c1cc(C(C)(C)C)cc3c1B2c1ccc(-n2c4c([2H])c([2H])c([2H])c([2H])c4c4c([2H])c([2H])c([2H])c([2H])c42)cc1N3C1C(C2CCC=C(C(C)(C)C)C2)=CC(C(C)(C)C)CC1C1=CCCC(C(C)(C)C)C1. The van der Waals surface area contributed by atoms with E-state index in [1.54, 1.807) is 9.13 Å². The first-order valence-corrected chi connectivity index (χ1v) is 40.7. The molecule has 10 aromatic carbocycles. The zero-order chi connectivity index (χ0) is 92.1. The lowest BCUT2D eigenvalue weighted by Crippen LogP contribution is -2.64. The van der Waals surface area contributed by atoms with E-state index in [1.165, 1.54) is 16.7 Å². The van der Waals surface area contributed by atoms with E-state index in [0.29, 0.717) is 23.0 Å². The van der Waals surface area contributed by atoms with Gasteiger partial charge >= 0.3 is 0 Å². The maximum absolute atomic E-state index is 10.1. The molecule has 0 N–H and O–H groups in total. The fraction of sp³-hybridized carbons (Fsp3) is 0.377. The Morgan fingerprint density at radius 1 is 0.414 bits per heavy atom. The van der Waals surface area contributed by atoms with E-state index in [0.717, 1.165) is 129 Å². The molecule has 5 heteroatoms. The second kappa shape index (κ2) is 26.7. The van der Waals surface area contributed by atoms with Crippen molar-refractivity contribution < 1.29 is 21.9 Å². The van der Waals surface area contributed by atoms with Gasteiger partial charge in [0.25, 0.3) is 6.71 Å². The van der Waals surface area contributed by atoms with Crippen LogP contribution in [0.5, 0.6) is 0 Å². The van der Waals surface area contributed by atoms with Gasteiger partial charge in [-0.2, -0.15) is 0 Å². The van der Waals surface area contributed by atoms with Crippen LogP contribution in [0.1, 0.15) is 235 Å². The first-order chi connectivity index (χ1) is 59.1. The van der Waals surface area contributed by atoms with E-state index in [-0.39, 0.29) is 88.4 Å². The van der Waals surface area contributed by atoms with Gasteiger partial charge in [-0.1, -0.05) is 308 Å². The van der Waals surface area contributed by atoms with Crippen molar-refractivity contribution in [2.75, 3.05) is 9.80 Å². The van der Waals surface area contributed by atoms with Crippen LogP contribution in [0.15, 0.2) is 241 Å². The number of fused-ring (bicyclic) bond motifs is 10. The average Bonchev–Trinajstić information content (AvgIpc) is 0.766. The molecule has 0 spiro atoms. The smallest absolute Gasteiger partial charge is 0.252 e. The van der Waals surface area contributed by atoms with Crippen LogP contribution in [0.3, 0.4) is 0 Å². The molecule has 17 rings (SSSR count). The van der Waals surface area contributed by atoms with E-state index >= 15 is 0 Å².